The Hall–Kier alpha value is -4.72. The molecule has 10 heteroatoms. The van der Waals surface area contributed by atoms with E-state index < -0.39 is 17.3 Å². The number of halogens is 1. The van der Waals surface area contributed by atoms with Gasteiger partial charge in [-0.3, -0.25) is 14.8 Å². The van der Waals surface area contributed by atoms with Crippen molar-refractivity contribution in [2.75, 3.05) is 19.0 Å². The second-order valence-corrected chi connectivity index (χ2v) is 10.9. The lowest BCUT2D eigenvalue weighted by molar-refractivity contribution is 0.0926. The third-order valence-electron chi connectivity index (χ3n) is 7.80. The lowest BCUT2D eigenvalue weighted by atomic mass is 9.96. The Bertz CT molecular complexity index is 1850. The molecule has 0 saturated heterocycles. The standard InChI is InChI=1S/C33H29FN3O5P/c1-35-32(39)29-24-17-23(26(37(40)43)18-28(24)42-30(29)19-8-11-22(34)12-9-19)20-10-13-27(41-2)25(16-20)31(38)36-33(14-15-33)21-6-4-3-5-7-21/h3-13,16-18,40H,14-15,43H2,1-2H3,(H,35,39)(H,36,38). The second kappa shape index (κ2) is 11.2. The summed E-state index contributed by atoms with van der Waals surface area (Å²) in [6.07, 6.45) is 1.66. The molecule has 0 spiro atoms. The molecule has 0 aliphatic heterocycles. The minimum atomic E-state index is -0.429. The van der Waals surface area contributed by atoms with Gasteiger partial charge in [0, 0.05) is 29.6 Å². The summed E-state index contributed by atoms with van der Waals surface area (Å²) in [6, 6.07) is 24.0. The Balaban J connectivity index is 1.48. The molecule has 3 N–H and O–H groups in total. The molecule has 5 aromatic rings. The molecule has 1 aliphatic rings. The summed E-state index contributed by atoms with van der Waals surface area (Å²) >= 11 is 0. The van der Waals surface area contributed by atoms with E-state index in [-0.39, 0.29) is 17.2 Å². The van der Waals surface area contributed by atoms with Crippen molar-refractivity contribution in [3.05, 3.63) is 107 Å². The van der Waals surface area contributed by atoms with E-state index in [9.17, 15) is 19.2 Å². The van der Waals surface area contributed by atoms with Gasteiger partial charge in [-0.1, -0.05) is 36.4 Å². The van der Waals surface area contributed by atoms with Gasteiger partial charge in [-0.25, -0.2) is 9.22 Å². The average Bonchev–Trinajstić information content (AvgIpc) is 3.71. The number of rotatable bonds is 8. The van der Waals surface area contributed by atoms with Crippen molar-refractivity contribution >= 4 is 37.9 Å². The number of benzene rings is 4. The van der Waals surface area contributed by atoms with Crippen LogP contribution >= 0.6 is 9.39 Å². The van der Waals surface area contributed by atoms with Crippen molar-refractivity contribution in [1.29, 1.82) is 0 Å². The highest BCUT2D eigenvalue weighted by Gasteiger charge is 2.46. The Labute approximate surface area is 249 Å². The van der Waals surface area contributed by atoms with Crippen LogP contribution in [0.5, 0.6) is 5.75 Å². The van der Waals surface area contributed by atoms with E-state index in [4.69, 9.17) is 9.15 Å². The molecule has 1 fully saturated rings. The lowest BCUT2D eigenvalue weighted by Gasteiger charge is -2.20. The molecule has 1 saturated carbocycles. The zero-order valence-electron chi connectivity index (χ0n) is 23.5. The Morgan fingerprint density at radius 1 is 0.977 bits per heavy atom. The summed E-state index contributed by atoms with van der Waals surface area (Å²) < 4.78 is 25.3. The molecule has 1 heterocycles. The number of methoxy groups -OCH3 is 1. The third-order valence-corrected chi connectivity index (χ3v) is 8.08. The number of nitrogens with one attached hydrogen (secondary N) is 2. The van der Waals surface area contributed by atoms with Crippen molar-refractivity contribution in [2.24, 2.45) is 0 Å². The van der Waals surface area contributed by atoms with Gasteiger partial charge >= 0.3 is 0 Å². The summed E-state index contributed by atoms with van der Waals surface area (Å²) in [5, 5.41) is 16.9. The van der Waals surface area contributed by atoms with Crippen LogP contribution in [0.3, 0.4) is 0 Å². The molecule has 6 rings (SSSR count). The van der Waals surface area contributed by atoms with Crippen molar-refractivity contribution in [2.45, 2.75) is 18.4 Å². The molecular weight excluding hydrogens is 568 g/mol. The van der Waals surface area contributed by atoms with E-state index in [1.807, 2.05) is 30.3 Å². The molecule has 0 radical (unpaired) electrons. The maximum atomic E-state index is 13.7. The van der Waals surface area contributed by atoms with Gasteiger partial charge in [0.1, 0.15) is 22.9 Å². The fourth-order valence-corrected chi connectivity index (χ4v) is 5.63. The number of nitrogens with zero attached hydrogens (tertiary/aromatic N) is 1. The van der Waals surface area contributed by atoms with E-state index in [2.05, 4.69) is 20.0 Å². The summed E-state index contributed by atoms with van der Waals surface area (Å²) in [4.78, 5) is 27.7. The van der Waals surface area contributed by atoms with Gasteiger partial charge < -0.3 is 19.8 Å². The molecule has 0 bridgehead atoms. The quantitative estimate of drug-likeness (QED) is 0.136. The fourth-order valence-electron chi connectivity index (χ4n) is 5.41. The van der Waals surface area contributed by atoms with Crippen LogP contribution in [0.2, 0.25) is 0 Å². The molecule has 218 valence electrons. The maximum absolute atomic E-state index is 13.7. The number of furan rings is 1. The first-order valence-corrected chi connectivity index (χ1v) is 14.1. The van der Waals surface area contributed by atoms with Gasteiger partial charge in [0.15, 0.2) is 0 Å². The van der Waals surface area contributed by atoms with Gasteiger partial charge in [0.2, 0.25) is 0 Å². The first-order valence-electron chi connectivity index (χ1n) is 13.6. The highest BCUT2D eigenvalue weighted by molar-refractivity contribution is 7.18. The van der Waals surface area contributed by atoms with Crippen molar-refractivity contribution in [3.8, 4) is 28.2 Å². The topological polar surface area (TPSA) is 104 Å². The maximum Gasteiger partial charge on any atom is 0.255 e. The molecule has 1 atom stereocenters. The Morgan fingerprint density at radius 3 is 2.30 bits per heavy atom. The van der Waals surface area contributed by atoms with Gasteiger partial charge in [-0.2, -0.15) is 0 Å². The number of hydrogen-bond donors (Lipinski definition) is 3. The highest BCUT2D eigenvalue weighted by Crippen LogP contribution is 2.46. The van der Waals surface area contributed by atoms with E-state index in [1.54, 1.807) is 30.3 Å². The summed E-state index contributed by atoms with van der Waals surface area (Å²) in [6.45, 7) is 0. The lowest BCUT2D eigenvalue weighted by Crippen LogP contribution is -2.35. The van der Waals surface area contributed by atoms with Crippen LogP contribution in [0.25, 0.3) is 33.4 Å². The largest absolute Gasteiger partial charge is 0.496 e. The Morgan fingerprint density at radius 2 is 1.67 bits per heavy atom. The number of amides is 2. The molecule has 4 aromatic carbocycles. The number of carbonyl (C=O) groups is 2. The third kappa shape index (κ3) is 5.22. The van der Waals surface area contributed by atoms with Gasteiger partial charge in [-0.15, -0.1) is 0 Å². The minimum Gasteiger partial charge on any atom is -0.496 e. The molecule has 1 aliphatic carbocycles. The minimum absolute atomic E-state index is 0.259. The Kier molecular flexibility index (Phi) is 7.38. The van der Waals surface area contributed by atoms with Gasteiger partial charge in [0.05, 0.1) is 29.5 Å². The first-order chi connectivity index (χ1) is 20.7. The van der Waals surface area contributed by atoms with E-state index in [0.29, 0.717) is 44.7 Å². The summed E-state index contributed by atoms with van der Waals surface area (Å²) in [5.74, 6) is -0.444. The first kappa shape index (κ1) is 28.4. The number of fused-ring (bicyclic) bond motifs is 1. The fraction of sp³-hybridized carbons (Fsp3) is 0.152. The molecule has 43 heavy (non-hydrogen) atoms. The van der Waals surface area contributed by atoms with Crippen molar-refractivity contribution in [3.63, 3.8) is 0 Å². The molecule has 8 nitrogen and oxygen atoms in total. The van der Waals surface area contributed by atoms with Crippen LogP contribution in [0, 0.1) is 5.82 Å². The number of carbonyl (C=O) groups excluding carboxylic acids is 2. The normalized spacial score (nSPS) is 13.4. The highest BCUT2D eigenvalue weighted by atomic mass is 31.0. The number of anilines is 1. The zero-order valence-corrected chi connectivity index (χ0v) is 24.6. The summed E-state index contributed by atoms with van der Waals surface area (Å²) in [7, 11) is 5.22. The van der Waals surface area contributed by atoms with Crippen LogP contribution in [0.15, 0.2) is 89.3 Å². The van der Waals surface area contributed by atoms with E-state index >= 15 is 0 Å². The summed E-state index contributed by atoms with van der Waals surface area (Å²) in [5.41, 5.74) is 3.53. The zero-order chi connectivity index (χ0) is 30.3. The van der Waals surface area contributed by atoms with Crippen LogP contribution in [-0.4, -0.2) is 31.2 Å². The average molecular weight is 598 g/mol. The van der Waals surface area contributed by atoms with Crippen LogP contribution in [-0.2, 0) is 5.54 Å². The van der Waals surface area contributed by atoms with E-state index in [0.717, 1.165) is 23.2 Å². The van der Waals surface area contributed by atoms with Crippen LogP contribution < -0.4 is 20.2 Å². The SMILES string of the molecule is CNC(=O)c1c(-c2ccc(F)cc2)oc2cc(N(O)P)c(-c3ccc(OC)c(C(=O)NC4(c5ccccc5)CC4)c3)cc12. The molecule has 1 unspecified atom stereocenters. The van der Waals surface area contributed by atoms with Crippen LogP contribution in [0.4, 0.5) is 10.1 Å². The van der Waals surface area contributed by atoms with Gasteiger partial charge in [-0.05, 0) is 75.8 Å². The van der Waals surface area contributed by atoms with Crippen molar-refractivity contribution < 1.29 is 28.3 Å². The molecular formula is C33H29FN3O5P. The predicted molar refractivity (Wildman–Crippen MR) is 166 cm³/mol. The second-order valence-electron chi connectivity index (χ2n) is 10.4. The van der Waals surface area contributed by atoms with E-state index in [1.165, 1.54) is 38.4 Å². The van der Waals surface area contributed by atoms with Crippen LogP contribution in [0.1, 0.15) is 39.1 Å². The van der Waals surface area contributed by atoms with Gasteiger partial charge in [0.25, 0.3) is 11.8 Å². The predicted octanol–water partition coefficient (Wildman–Crippen LogP) is 6.68. The smallest absolute Gasteiger partial charge is 0.255 e. The molecule has 2 amide bonds. The number of ether oxygens (including phenoxy) is 1. The monoisotopic (exact) mass is 597 g/mol. The molecule has 1 aromatic heterocycles. The number of hydrogen-bond acceptors (Lipinski definition) is 6. The van der Waals surface area contributed by atoms with Crippen molar-refractivity contribution in [1.82, 2.24) is 10.6 Å².